The molecule has 0 aliphatic carbocycles. The van der Waals surface area contributed by atoms with E-state index in [-0.39, 0.29) is 11.6 Å². The summed E-state index contributed by atoms with van der Waals surface area (Å²) >= 11 is 0. The highest BCUT2D eigenvalue weighted by atomic mass is 16.6. The van der Waals surface area contributed by atoms with Crippen LogP contribution in [-0.4, -0.2) is 59.4 Å². The summed E-state index contributed by atoms with van der Waals surface area (Å²) in [5.74, 6) is -0.0990. The SMILES string of the molecule is Cc1ccc([N+](=O)[O-])c(C)c1NC(=O)CN1CCC(N2CCCCC2)CC1. The van der Waals surface area contributed by atoms with E-state index >= 15 is 0 Å². The third-order valence-electron chi connectivity index (χ3n) is 5.94. The number of aryl methyl sites for hydroxylation is 1. The zero-order chi connectivity index (χ0) is 19.4. The predicted octanol–water partition coefficient (Wildman–Crippen LogP) is 3.10. The van der Waals surface area contributed by atoms with E-state index in [4.69, 9.17) is 0 Å². The summed E-state index contributed by atoms with van der Waals surface area (Å²) < 4.78 is 0. The molecule has 7 heteroatoms. The van der Waals surface area contributed by atoms with Gasteiger partial charge < -0.3 is 10.2 Å². The van der Waals surface area contributed by atoms with Crippen LogP contribution in [-0.2, 0) is 4.79 Å². The first-order chi connectivity index (χ1) is 13.0. The minimum absolute atomic E-state index is 0.0400. The largest absolute Gasteiger partial charge is 0.324 e. The van der Waals surface area contributed by atoms with Crippen LogP contribution >= 0.6 is 0 Å². The second-order valence-electron chi connectivity index (χ2n) is 7.81. The van der Waals surface area contributed by atoms with Crippen molar-refractivity contribution in [2.45, 2.75) is 52.0 Å². The molecule has 1 N–H and O–H groups in total. The average Bonchev–Trinajstić information content (AvgIpc) is 2.66. The van der Waals surface area contributed by atoms with Crippen LogP contribution in [0.1, 0.15) is 43.2 Å². The number of hydrogen-bond acceptors (Lipinski definition) is 5. The van der Waals surface area contributed by atoms with Crippen LogP contribution in [0, 0.1) is 24.0 Å². The molecule has 2 aliphatic rings. The normalized spacial score (nSPS) is 19.8. The highest BCUT2D eigenvalue weighted by Gasteiger charge is 2.26. The Hall–Kier alpha value is -1.99. The highest BCUT2D eigenvalue weighted by Crippen LogP contribution is 2.29. The van der Waals surface area contributed by atoms with Crippen LogP contribution in [0.15, 0.2) is 12.1 Å². The van der Waals surface area contributed by atoms with Gasteiger partial charge in [0, 0.05) is 25.2 Å². The van der Waals surface area contributed by atoms with Gasteiger partial charge in [0.1, 0.15) is 0 Å². The Morgan fingerprint density at radius 1 is 1.15 bits per heavy atom. The molecule has 2 saturated heterocycles. The highest BCUT2D eigenvalue weighted by molar-refractivity contribution is 5.94. The maximum Gasteiger partial charge on any atom is 0.274 e. The number of nitro groups is 1. The van der Waals surface area contributed by atoms with Crippen molar-refractivity contribution in [1.29, 1.82) is 0 Å². The van der Waals surface area contributed by atoms with Gasteiger partial charge in [0.25, 0.3) is 5.69 Å². The molecule has 0 spiro atoms. The lowest BCUT2D eigenvalue weighted by atomic mass is 10.00. The molecule has 27 heavy (non-hydrogen) atoms. The lowest BCUT2D eigenvalue weighted by Gasteiger charge is -2.40. The van der Waals surface area contributed by atoms with Gasteiger partial charge in [-0.3, -0.25) is 19.8 Å². The molecule has 1 aromatic rings. The van der Waals surface area contributed by atoms with Crippen molar-refractivity contribution in [3.8, 4) is 0 Å². The standard InChI is InChI=1S/C20H30N4O3/c1-15-6-7-18(24(26)27)16(2)20(15)21-19(25)14-22-12-8-17(9-13-22)23-10-4-3-5-11-23/h6-7,17H,3-5,8-14H2,1-2H3,(H,21,25). The van der Waals surface area contributed by atoms with Crippen LogP contribution in [0.4, 0.5) is 11.4 Å². The Kier molecular flexibility index (Phi) is 6.44. The number of carbonyl (C=O) groups is 1. The molecule has 2 heterocycles. The van der Waals surface area contributed by atoms with Crippen molar-refractivity contribution >= 4 is 17.3 Å². The number of rotatable bonds is 5. The summed E-state index contributed by atoms with van der Waals surface area (Å²) in [7, 11) is 0. The molecule has 7 nitrogen and oxygen atoms in total. The van der Waals surface area contributed by atoms with E-state index in [9.17, 15) is 14.9 Å². The molecule has 2 fully saturated rings. The van der Waals surface area contributed by atoms with Crippen molar-refractivity contribution in [2.75, 3.05) is 38.0 Å². The minimum Gasteiger partial charge on any atom is -0.324 e. The molecule has 148 valence electrons. The van der Waals surface area contributed by atoms with E-state index < -0.39 is 4.92 Å². The minimum atomic E-state index is -0.407. The lowest BCUT2D eigenvalue weighted by molar-refractivity contribution is -0.385. The van der Waals surface area contributed by atoms with Gasteiger partial charge in [-0.15, -0.1) is 0 Å². The summed E-state index contributed by atoms with van der Waals surface area (Å²) in [6.45, 7) is 8.19. The van der Waals surface area contributed by atoms with Gasteiger partial charge in [-0.1, -0.05) is 12.5 Å². The molecule has 3 rings (SSSR count). The Morgan fingerprint density at radius 2 is 1.81 bits per heavy atom. The average molecular weight is 374 g/mol. The van der Waals surface area contributed by atoms with E-state index in [1.807, 2.05) is 6.92 Å². The maximum absolute atomic E-state index is 12.5. The monoisotopic (exact) mass is 374 g/mol. The molecule has 0 atom stereocenters. The molecule has 1 amide bonds. The van der Waals surface area contributed by atoms with Crippen LogP contribution in [0.2, 0.25) is 0 Å². The molecule has 1 aromatic carbocycles. The number of nitrogens with one attached hydrogen (secondary N) is 1. The second-order valence-corrected chi connectivity index (χ2v) is 7.81. The Morgan fingerprint density at radius 3 is 2.44 bits per heavy atom. The van der Waals surface area contributed by atoms with Crippen LogP contribution in [0.5, 0.6) is 0 Å². The number of amides is 1. The number of anilines is 1. The number of piperidine rings is 2. The van der Waals surface area contributed by atoms with E-state index in [2.05, 4.69) is 15.1 Å². The van der Waals surface area contributed by atoms with E-state index in [1.165, 1.54) is 38.4 Å². The Labute approximate surface area is 160 Å². The third-order valence-corrected chi connectivity index (χ3v) is 5.94. The second kappa shape index (κ2) is 8.80. The first kappa shape index (κ1) is 19.8. The van der Waals surface area contributed by atoms with Gasteiger partial charge >= 0.3 is 0 Å². The maximum atomic E-state index is 12.5. The molecule has 0 unspecified atom stereocenters. The summed E-state index contributed by atoms with van der Waals surface area (Å²) in [6.07, 6.45) is 6.20. The molecule has 0 radical (unpaired) electrons. The van der Waals surface area contributed by atoms with Gasteiger partial charge in [0.05, 0.1) is 22.7 Å². The summed E-state index contributed by atoms with van der Waals surface area (Å²) in [5, 5.41) is 14.0. The number of nitrogens with zero attached hydrogens (tertiary/aromatic N) is 3. The van der Waals surface area contributed by atoms with Gasteiger partial charge in [-0.25, -0.2) is 0 Å². The third kappa shape index (κ3) is 4.84. The van der Waals surface area contributed by atoms with E-state index in [1.54, 1.807) is 13.0 Å². The van der Waals surface area contributed by atoms with Crippen molar-refractivity contribution in [3.63, 3.8) is 0 Å². The fourth-order valence-electron chi connectivity index (χ4n) is 4.33. The van der Waals surface area contributed by atoms with Gasteiger partial charge in [-0.05, 0) is 58.2 Å². The zero-order valence-electron chi connectivity index (χ0n) is 16.4. The summed E-state index contributed by atoms with van der Waals surface area (Å²) in [6, 6.07) is 3.84. The lowest BCUT2D eigenvalue weighted by Crippen LogP contribution is -2.48. The Bertz CT molecular complexity index is 693. The molecule has 0 bridgehead atoms. The van der Waals surface area contributed by atoms with Crippen LogP contribution in [0.25, 0.3) is 0 Å². The molecule has 0 aromatic heterocycles. The molecule has 0 saturated carbocycles. The number of likely N-dealkylation sites (tertiary alicyclic amines) is 2. The van der Waals surface area contributed by atoms with Crippen molar-refractivity contribution in [1.82, 2.24) is 9.80 Å². The number of hydrogen-bond donors (Lipinski definition) is 1. The summed E-state index contributed by atoms with van der Waals surface area (Å²) in [5.41, 5.74) is 1.96. The number of benzene rings is 1. The van der Waals surface area contributed by atoms with Gasteiger partial charge in [0.15, 0.2) is 0 Å². The number of carbonyl (C=O) groups excluding carboxylic acids is 1. The van der Waals surface area contributed by atoms with Crippen LogP contribution in [0.3, 0.4) is 0 Å². The van der Waals surface area contributed by atoms with E-state index in [0.29, 0.717) is 23.8 Å². The zero-order valence-corrected chi connectivity index (χ0v) is 16.4. The fraction of sp³-hybridized carbons (Fsp3) is 0.650. The fourth-order valence-corrected chi connectivity index (χ4v) is 4.33. The Balaban J connectivity index is 1.53. The number of nitro benzene ring substituents is 1. The quantitative estimate of drug-likeness (QED) is 0.633. The van der Waals surface area contributed by atoms with Gasteiger partial charge in [-0.2, -0.15) is 0 Å². The van der Waals surface area contributed by atoms with Crippen molar-refractivity contribution in [3.05, 3.63) is 33.4 Å². The van der Waals surface area contributed by atoms with Crippen LogP contribution < -0.4 is 5.32 Å². The smallest absolute Gasteiger partial charge is 0.274 e. The topological polar surface area (TPSA) is 78.7 Å². The first-order valence-electron chi connectivity index (χ1n) is 9.96. The van der Waals surface area contributed by atoms with Crippen molar-refractivity contribution in [2.24, 2.45) is 0 Å². The summed E-state index contributed by atoms with van der Waals surface area (Å²) in [4.78, 5) is 28.1. The van der Waals surface area contributed by atoms with Crippen molar-refractivity contribution < 1.29 is 9.72 Å². The predicted molar refractivity (Wildman–Crippen MR) is 106 cm³/mol. The van der Waals surface area contributed by atoms with E-state index in [0.717, 1.165) is 31.5 Å². The molecular formula is C20H30N4O3. The van der Waals surface area contributed by atoms with Gasteiger partial charge in [0.2, 0.25) is 5.91 Å². The molecular weight excluding hydrogens is 344 g/mol. The molecule has 2 aliphatic heterocycles. The first-order valence-corrected chi connectivity index (χ1v) is 9.96.